The number of phenolic OH excluding ortho intramolecular Hbond substituents is 3. The fourth-order valence-corrected chi connectivity index (χ4v) is 8.75. The zero-order valence-electron chi connectivity index (χ0n) is 32.5. The molecule has 1 aliphatic heterocycles. The first-order valence-corrected chi connectivity index (χ1v) is 19.5. The molecule has 0 amide bonds. The molecule has 0 spiro atoms. The molecule has 1 heterocycles. The van der Waals surface area contributed by atoms with Crippen LogP contribution in [-0.4, -0.2) is 26.7 Å². The molecule has 2 aliphatic carbocycles. The highest BCUT2D eigenvalue weighted by atomic mass is 16.5. The summed E-state index contributed by atoms with van der Waals surface area (Å²) in [5.74, 6) is 2.49. The van der Waals surface area contributed by atoms with Crippen LogP contribution in [0, 0.1) is 11.8 Å². The number of fused-ring (bicyclic) bond motifs is 3. The Kier molecular flexibility index (Phi) is 13.4. The van der Waals surface area contributed by atoms with E-state index in [1.807, 2.05) is 25.1 Å². The summed E-state index contributed by atoms with van der Waals surface area (Å²) in [6.45, 7) is 21.4. The monoisotopic (exact) mass is 686 g/mol. The Labute approximate surface area is 303 Å². The number of hydrogen-bond donors (Lipinski definition) is 3. The fraction of sp³-hybridized carbons (Fsp3) is 0.622. The number of allylic oxidation sites excluding steroid dienone is 3. The predicted octanol–water partition coefficient (Wildman–Crippen LogP) is 12.1. The van der Waals surface area contributed by atoms with Gasteiger partial charge < -0.3 is 20.1 Å². The number of ketones is 1. The van der Waals surface area contributed by atoms with Crippen LogP contribution in [0.15, 0.2) is 48.1 Å². The second-order valence-electron chi connectivity index (χ2n) is 16.8. The van der Waals surface area contributed by atoms with Gasteiger partial charge in [0.05, 0.1) is 0 Å². The summed E-state index contributed by atoms with van der Waals surface area (Å²) in [6.07, 6.45) is 16.7. The number of phenols is 3. The molecule has 3 N–H and O–H groups in total. The largest absolute Gasteiger partial charge is 0.508 e. The molecule has 5 rings (SSSR count). The molecular formula is C45H66O5. The van der Waals surface area contributed by atoms with Crippen molar-refractivity contribution in [1.29, 1.82) is 0 Å². The van der Waals surface area contributed by atoms with Gasteiger partial charge in [0.15, 0.2) is 0 Å². The molecule has 0 unspecified atom stereocenters. The number of ether oxygens (including phenoxy) is 1. The number of hydrogen-bond acceptors (Lipinski definition) is 5. The third-order valence-corrected chi connectivity index (χ3v) is 11.8. The summed E-state index contributed by atoms with van der Waals surface area (Å²) in [5.41, 5.74) is 5.78. The van der Waals surface area contributed by atoms with E-state index in [1.165, 1.54) is 44.1 Å². The Bertz CT molecular complexity index is 1510. The van der Waals surface area contributed by atoms with E-state index in [-0.39, 0.29) is 46.2 Å². The Morgan fingerprint density at radius 1 is 0.900 bits per heavy atom. The van der Waals surface area contributed by atoms with Crippen molar-refractivity contribution >= 4 is 5.78 Å². The van der Waals surface area contributed by atoms with Crippen molar-refractivity contribution in [3.05, 3.63) is 70.3 Å². The van der Waals surface area contributed by atoms with Gasteiger partial charge in [0.25, 0.3) is 0 Å². The number of benzene rings is 2. The molecule has 4 atom stereocenters. The Morgan fingerprint density at radius 2 is 1.54 bits per heavy atom. The normalized spacial score (nSPS) is 22.7. The van der Waals surface area contributed by atoms with Crippen molar-refractivity contribution < 1.29 is 24.9 Å². The molecule has 5 heteroatoms. The molecule has 2 aromatic rings. The summed E-state index contributed by atoms with van der Waals surface area (Å²) < 4.78 is 6.41. The van der Waals surface area contributed by atoms with E-state index in [2.05, 4.69) is 67.2 Å². The van der Waals surface area contributed by atoms with Crippen LogP contribution in [0.2, 0.25) is 0 Å². The Morgan fingerprint density at radius 3 is 2.18 bits per heavy atom. The summed E-state index contributed by atoms with van der Waals surface area (Å²) in [7, 11) is 0. The lowest BCUT2D eigenvalue weighted by Crippen LogP contribution is -2.47. The van der Waals surface area contributed by atoms with E-state index in [0.29, 0.717) is 29.9 Å². The summed E-state index contributed by atoms with van der Waals surface area (Å²) >= 11 is 0. The number of aryl methyl sites for hydroxylation is 1. The number of carbonyl (C=O) groups excluding carboxylic acids is 1. The number of carbonyl (C=O) groups is 1. The molecule has 50 heavy (non-hydrogen) atoms. The fourth-order valence-electron chi connectivity index (χ4n) is 8.75. The minimum absolute atomic E-state index is 0.00696. The second-order valence-corrected chi connectivity index (χ2v) is 16.8. The lowest BCUT2D eigenvalue weighted by Gasteiger charge is -2.47. The zero-order chi connectivity index (χ0) is 36.8. The van der Waals surface area contributed by atoms with Crippen LogP contribution in [0.4, 0.5) is 0 Å². The lowest BCUT2D eigenvalue weighted by molar-refractivity contribution is -0.124. The van der Waals surface area contributed by atoms with E-state index in [0.717, 1.165) is 66.5 Å². The molecule has 5 nitrogen and oxygen atoms in total. The van der Waals surface area contributed by atoms with Gasteiger partial charge in [-0.1, -0.05) is 90.0 Å². The van der Waals surface area contributed by atoms with Crippen LogP contribution in [0.1, 0.15) is 173 Å². The van der Waals surface area contributed by atoms with E-state index in [4.69, 9.17) is 4.74 Å². The van der Waals surface area contributed by atoms with Crippen LogP contribution < -0.4 is 4.74 Å². The molecule has 0 radical (unpaired) electrons. The standard InChI is InChI=1S/C24H36O3.C21H30O2/c1-6-7-8-9-12-23(2,3)16-13-20(26)22-18-15-17(25)10-11-19(18)24(4,5)27-21(22)14-16;1-5-6-7-8-16-12-19(22)21(20(23)13-16)18-11-15(4)9-10-17(18)14(2)3/h13-14,18-19,26H,6-12,15H2,1-5H3;11-13,17-18,22-23H,2,5-10H2,1,3-4H3/t18-,19-;17-,18+/m10/s1. The Balaban J connectivity index is 0.000000228. The molecule has 1 fully saturated rings. The first-order valence-electron chi connectivity index (χ1n) is 19.5. The first-order chi connectivity index (χ1) is 23.6. The molecule has 276 valence electrons. The van der Waals surface area contributed by atoms with Crippen molar-refractivity contribution in [3.8, 4) is 23.0 Å². The van der Waals surface area contributed by atoms with Gasteiger partial charge in [0, 0.05) is 41.7 Å². The van der Waals surface area contributed by atoms with Gasteiger partial charge in [0.1, 0.15) is 34.4 Å². The third kappa shape index (κ3) is 9.36. The van der Waals surface area contributed by atoms with Gasteiger partial charge in [0.2, 0.25) is 0 Å². The molecule has 0 saturated heterocycles. The van der Waals surface area contributed by atoms with E-state index in [1.54, 1.807) is 0 Å². The molecule has 3 aliphatic rings. The molecule has 1 saturated carbocycles. The summed E-state index contributed by atoms with van der Waals surface area (Å²) in [5, 5.41) is 32.0. The van der Waals surface area contributed by atoms with Gasteiger partial charge in [-0.05, 0) is 113 Å². The van der Waals surface area contributed by atoms with Crippen molar-refractivity contribution in [2.45, 2.75) is 168 Å². The van der Waals surface area contributed by atoms with Crippen molar-refractivity contribution in [3.63, 3.8) is 0 Å². The SMILES string of the molecule is C=C(C)[C@@H]1CCC(C)=C[C@H]1c1c(O)cc(CCCCC)cc1O.CCCCCCC(C)(C)c1cc(O)c2c(c1)OC(C)(C)[C@@H]1CCC(=O)C[C@@H]21. The minimum atomic E-state index is -0.311. The van der Waals surface area contributed by atoms with Gasteiger partial charge in [-0.3, -0.25) is 4.79 Å². The van der Waals surface area contributed by atoms with Crippen LogP contribution in [-0.2, 0) is 16.6 Å². The quantitative estimate of drug-likeness (QED) is 0.153. The Hall–Kier alpha value is -3.21. The maximum absolute atomic E-state index is 12.1. The van der Waals surface area contributed by atoms with Crippen LogP contribution in [0.25, 0.3) is 0 Å². The molecular weight excluding hydrogens is 620 g/mol. The van der Waals surface area contributed by atoms with Crippen molar-refractivity contribution in [1.82, 2.24) is 0 Å². The van der Waals surface area contributed by atoms with Crippen molar-refractivity contribution in [2.75, 3.05) is 0 Å². The van der Waals surface area contributed by atoms with Crippen LogP contribution in [0.5, 0.6) is 23.0 Å². The number of rotatable bonds is 12. The highest BCUT2D eigenvalue weighted by Crippen LogP contribution is 2.54. The van der Waals surface area contributed by atoms with Gasteiger partial charge in [-0.2, -0.15) is 0 Å². The third-order valence-electron chi connectivity index (χ3n) is 11.8. The lowest BCUT2D eigenvalue weighted by atomic mass is 9.66. The number of aromatic hydroxyl groups is 3. The maximum atomic E-state index is 12.1. The minimum Gasteiger partial charge on any atom is -0.508 e. The molecule has 2 aromatic carbocycles. The highest BCUT2D eigenvalue weighted by Gasteiger charge is 2.48. The van der Waals surface area contributed by atoms with Gasteiger partial charge in [-0.25, -0.2) is 0 Å². The maximum Gasteiger partial charge on any atom is 0.133 e. The van der Waals surface area contributed by atoms with Crippen LogP contribution >= 0.6 is 0 Å². The topological polar surface area (TPSA) is 87.0 Å². The van der Waals surface area contributed by atoms with Crippen molar-refractivity contribution in [2.24, 2.45) is 11.8 Å². The van der Waals surface area contributed by atoms with Gasteiger partial charge in [-0.15, -0.1) is 0 Å². The average Bonchev–Trinajstić information content (AvgIpc) is 3.02. The smallest absolute Gasteiger partial charge is 0.133 e. The number of Topliss-reactive ketones (excluding diaryl/α,β-unsaturated/α-hetero) is 1. The first kappa shape index (κ1) is 39.6. The van der Waals surface area contributed by atoms with E-state index < -0.39 is 0 Å². The van der Waals surface area contributed by atoms with E-state index >= 15 is 0 Å². The summed E-state index contributed by atoms with van der Waals surface area (Å²) in [6, 6.07) is 7.72. The second kappa shape index (κ2) is 16.9. The van der Waals surface area contributed by atoms with E-state index in [9.17, 15) is 20.1 Å². The van der Waals surface area contributed by atoms with Gasteiger partial charge >= 0.3 is 0 Å². The highest BCUT2D eigenvalue weighted by molar-refractivity contribution is 5.81. The summed E-state index contributed by atoms with van der Waals surface area (Å²) in [4.78, 5) is 12.1. The zero-order valence-corrected chi connectivity index (χ0v) is 32.5. The number of unbranched alkanes of at least 4 members (excludes halogenated alkanes) is 5. The average molecular weight is 687 g/mol. The molecule has 0 aromatic heterocycles. The molecule has 0 bridgehead atoms. The predicted molar refractivity (Wildman–Crippen MR) is 207 cm³/mol. The van der Waals surface area contributed by atoms with Crippen LogP contribution in [0.3, 0.4) is 0 Å².